The molecular weight excluding hydrogens is 254 g/mol. The lowest BCUT2D eigenvalue weighted by atomic mass is 9.78. The van der Waals surface area contributed by atoms with E-state index in [2.05, 4.69) is 13.8 Å². The summed E-state index contributed by atoms with van der Waals surface area (Å²) in [5.41, 5.74) is 4.50. The van der Waals surface area contributed by atoms with Crippen LogP contribution in [0.5, 0.6) is 0 Å². The van der Waals surface area contributed by atoms with Crippen molar-refractivity contribution in [3.63, 3.8) is 0 Å². The summed E-state index contributed by atoms with van der Waals surface area (Å²) in [6.45, 7) is 4.38. The first-order valence-electron chi connectivity index (χ1n) is 7.96. The average molecular weight is 281 g/mol. The molecule has 0 aromatic rings. The summed E-state index contributed by atoms with van der Waals surface area (Å²) >= 11 is 0. The van der Waals surface area contributed by atoms with Crippen molar-refractivity contribution in [1.82, 2.24) is 0 Å². The van der Waals surface area contributed by atoms with Crippen molar-refractivity contribution >= 4 is 11.9 Å². The summed E-state index contributed by atoms with van der Waals surface area (Å²) in [6, 6.07) is 0. The maximum absolute atomic E-state index is 12.3. The van der Waals surface area contributed by atoms with Gasteiger partial charge in [0.2, 0.25) is 0 Å². The van der Waals surface area contributed by atoms with Crippen molar-refractivity contribution in [1.29, 1.82) is 0 Å². The van der Waals surface area contributed by atoms with Crippen LogP contribution in [0.2, 0.25) is 0 Å². The molecule has 1 amide bonds. The lowest BCUT2D eigenvalue weighted by molar-refractivity contribution is -0.176. The molecule has 0 aromatic heterocycles. The molecular formula is C16H27NO3. The molecule has 4 nitrogen and oxygen atoms in total. The summed E-state index contributed by atoms with van der Waals surface area (Å²) in [5.74, 6) is 0.561. The quantitative estimate of drug-likeness (QED) is 0.809. The first-order valence-corrected chi connectivity index (χ1v) is 7.96. The molecule has 2 N–H and O–H groups in total. The third-order valence-electron chi connectivity index (χ3n) is 5.18. The Bertz CT molecular complexity index is 364. The van der Waals surface area contributed by atoms with E-state index in [1.165, 1.54) is 0 Å². The number of rotatable bonds is 3. The predicted molar refractivity (Wildman–Crippen MR) is 76.8 cm³/mol. The van der Waals surface area contributed by atoms with Gasteiger partial charge >= 0.3 is 5.97 Å². The Hall–Kier alpha value is -1.06. The monoisotopic (exact) mass is 281 g/mol. The van der Waals surface area contributed by atoms with Crippen LogP contribution in [0, 0.1) is 17.8 Å². The summed E-state index contributed by atoms with van der Waals surface area (Å²) in [7, 11) is 0. The maximum Gasteiger partial charge on any atom is 0.309 e. The number of hydrogen-bond donors (Lipinski definition) is 1. The molecule has 2 aliphatic rings. The van der Waals surface area contributed by atoms with E-state index in [-0.39, 0.29) is 11.9 Å². The summed E-state index contributed by atoms with van der Waals surface area (Å²) < 4.78 is 5.65. The van der Waals surface area contributed by atoms with Gasteiger partial charge in [0.25, 0.3) is 5.91 Å². The van der Waals surface area contributed by atoms with Crippen molar-refractivity contribution in [2.24, 2.45) is 23.5 Å². The zero-order valence-corrected chi connectivity index (χ0v) is 12.7. The van der Waals surface area contributed by atoms with Crippen LogP contribution in [0.1, 0.15) is 65.2 Å². The van der Waals surface area contributed by atoms with Crippen LogP contribution in [-0.2, 0) is 14.3 Å². The molecule has 114 valence electrons. The van der Waals surface area contributed by atoms with E-state index < -0.39 is 11.5 Å². The van der Waals surface area contributed by atoms with Gasteiger partial charge in [0.1, 0.15) is 0 Å². The van der Waals surface area contributed by atoms with Crippen LogP contribution in [0.3, 0.4) is 0 Å². The van der Waals surface area contributed by atoms with Crippen LogP contribution < -0.4 is 5.73 Å². The third-order valence-corrected chi connectivity index (χ3v) is 5.18. The smallest absolute Gasteiger partial charge is 0.309 e. The topological polar surface area (TPSA) is 69.4 Å². The number of amides is 1. The summed E-state index contributed by atoms with van der Waals surface area (Å²) in [4.78, 5) is 24.1. The van der Waals surface area contributed by atoms with Gasteiger partial charge < -0.3 is 10.5 Å². The summed E-state index contributed by atoms with van der Waals surface area (Å²) in [6.07, 6.45) is 6.86. The van der Waals surface area contributed by atoms with Crippen LogP contribution >= 0.6 is 0 Å². The fraction of sp³-hybridized carbons (Fsp3) is 0.875. The Balaban J connectivity index is 1.98. The van der Waals surface area contributed by atoms with Gasteiger partial charge in [0.15, 0.2) is 5.60 Å². The minimum atomic E-state index is -1.04. The third kappa shape index (κ3) is 3.33. The van der Waals surface area contributed by atoms with Gasteiger partial charge in [-0.1, -0.05) is 13.8 Å². The average Bonchev–Trinajstić information content (AvgIpc) is 2.42. The number of primary amides is 1. The van der Waals surface area contributed by atoms with Gasteiger partial charge in [-0.05, 0) is 63.2 Å². The normalized spacial score (nSPS) is 38.2. The fourth-order valence-electron chi connectivity index (χ4n) is 3.40. The number of nitrogens with two attached hydrogens (primary N) is 1. The SMILES string of the molecule is CC1CCC(C(=O)OC2(C(N)=O)CCC(C)CC2)CC1. The first-order chi connectivity index (χ1) is 9.43. The molecule has 0 aromatic carbocycles. The van der Waals surface area contributed by atoms with Gasteiger partial charge in [-0.2, -0.15) is 0 Å². The van der Waals surface area contributed by atoms with Crippen LogP contribution in [0.25, 0.3) is 0 Å². The highest BCUT2D eigenvalue weighted by molar-refractivity contribution is 5.87. The Morgan fingerprint density at radius 1 is 0.950 bits per heavy atom. The molecule has 0 heterocycles. The predicted octanol–water partition coefficient (Wildman–Crippen LogP) is 2.79. The Kier molecular flexibility index (Phi) is 4.71. The van der Waals surface area contributed by atoms with Gasteiger partial charge in [-0.25, -0.2) is 0 Å². The second kappa shape index (κ2) is 6.15. The zero-order valence-electron chi connectivity index (χ0n) is 12.7. The number of hydrogen-bond acceptors (Lipinski definition) is 3. The minimum Gasteiger partial charge on any atom is -0.449 e. The van der Waals surface area contributed by atoms with E-state index >= 15 is 0 Å². The molecule has 0 atom stereocenters. The number of carbonyl (C=O) groups is 2. The fourth-order valence-corrected chi connectivity index (χ4v) is 3.40. The second-order valence-corrected chi connectivity index (χ2v) is 6.92. The highest BCUT2D eigenvalue weighted by Crippen LogP contribution is 2.37. The lowest BCUT2D eigenvalue weighted by Crippen LogP contribution is -2.50. The molecule has 0 bridgehead atoms. The van der Waals surface area contributed by atoms with Crippen molar-refractivity contribution in [3.8, 4) is 0 Å². The molecule has 4 heteroatoms. The van der Waals surface area contributed by atoms with Crippen LogP contribution in [-0.4, -0.2) is 17.5 Å². The van der Waals surface area contributed by atoms with Gasteiger partial charge in [0.05, 0.1) is 5.92 Å². The molecule has 0 spiro atoms. The Labute approximate surface area is 121 Å². The van der Waals surface area contributed by atoms with Crippen molar-refractivity contribution in [3.05, 3.63) is 0 Å². The first kappa shape index (κ1) is 15.3. The summed E-state index contributed by atoms with van der Waals surface area (Å²) in [5, 5.41) is 0. The second-order valence-electron chi connectivity index (χ2n) is 6.92. The molecule has 0 radical (unpaired) electrons. The Morgan fingerprint density at radius 3 is 1.95 bits per heavy atom. The number of ether oxygens (including phenoxy) is 1. The Morgan fingerprint density at radius 2 is 1.45 bits per heavy atom. The van der Waals surface area contributed by atoms with Crippen molar-refractivity contribution < 1.29 is 14.3 Å². The van der Waals surface area contributed by atoms with E-state index in [1.807, 2.05) is 0 Å². The molecule has 0 unspecified atom stereocenters. The number of esters is 1. The standard InChI is InChI=1S/C16H27NO3/c1-11-3-5-13(6-4-11)14(18)20-16(15(17)19)9-7-12(2)8-10-16/h11-13H,3-10H2,1-2H3,(H2,17,19). The molecule has 2 saturated carbocycles. The van der Waals surface area contributed by atoms with Gasteiger partial charge in [0, 0.05) is 0 Å². The van der Waals surface area contributed by atoms with E-state index in [0.717, 1.165) is 38.5 Å². The highest BCUT2D eigenvalue weighted by Gasteiger charge is 2.44. The number of carbonyl (C=O) groups excluding carboxylic acids is 2. The minimum absolute atomic E-state index is 0.0400. The maximum atomic E-state index is 12.3. The molecule has 2 fully saturated rings. The van der Waals surface area contributed by atoms with Crippen LogP contribution in [0.15, 0.2) is 0 Å². The van der Waals surface area contributed by atoms with E-state index in [0.29, 0.717) is 24.7 Å². The molecule has 2 rings (SSSR count). The van der Waals surface area contributed by atoms with Crippen LogP contribution in [0.4, 0.5) is 0 Å². The van der Waals surface area contributed by atoms with Gasteiger partial charge in [-0.15, -0.1) is 0 Å². The van der Waals surface area contributed by atoms with Gasteiger partial charge in [-0.3, -0.25) is 9.59 Å². The van der Waals surface area contributed by atoms with E-state index in [9.17, 15) is 9.59 Å². The zero-order chi connectivity index (χ0) is 14.8. The van der Waals surface area contributed by atoms with E-state index in [4.69, 9.17) is 10.5 Å². The molecule has 0 aliphatic heterocycles. The largest absolute Gasteiger partial charge is 0.449 e. The molecule has 0 saturated heterocycles. The van der Waals surface area contributed by atoms with Crippen molar-refractivity contribution in [2.75, 3.05) is 0 Å². The lowest BCUT2D eigenvalue weighted by Gasteiger charge is -2.37. The molecule has 20 heavy (non-hydrogen) atoms. The molecule has 2 aliphatic carbocycles. The highest BCUT2D eigenvalue weighted by atomic mass is 16.6. The van der Waals surface area contributed by atoms with Crippen molar-refractivity contribution in [2.45, 2.75) is 70.8 Å². The van der Waals surface area contributed by atoms with E-state index in [1.54, 1.807) is 0 Å².